The molecule has 1 unspecified atom stereocenters. The largest absolute Gasteiger partial charge is 0.361 e. The molecule has 0 spiro atoms. The average molecular weight is 320 g/mol. The number of fused-ring (bicyclic) bond motifs is 1. The molecular weight excluding hydrogens is 300 g/mol. The van der Waals surface area contributed by atoms with Gasteiger partial charge < -0.3 is 15.2 Å². The predicted molar refractivity (Wildman–Crippen MR) is 92.5 cm³/mol. The van der Waals surface area contributed by atoms with Gasteiger partial charge in [0.2, 0.25) is 0 Å². The Labute approximate surface area is 141 Å². The number of hydrogen-bond donors (Lipinski definition) is 2. The first kappa shape index (κ1) is 14.8. The molecule has 6 nitrogen and oxygen atoms in total. The summed E-state index contributed by atoms with van der Waals surface area (Å²) in [6, 6.07) is 10.6. The van der Waals surface area contributed by atoms with Gasteiger partial charge in [-0.15, -0.1) is 0 Å². The van der Waals surface area contributed by atoms with E-state index in [-0.39, 0.29) is 6.04 Å². The van der Waals surface area contributed by atoms with Crippen molar-refractivity contribution < 1.29 is 0 Å². The number of benzene rings is 1. The Bertz CT molecular complexity index is 785. The first-order valence-electron chi connectivity index (χ1n) is 8.21. The second kappa shape index (κ2) is 6.80. The molecule has 0 bridgehead atoms. The fourth-order valence-electron chi connectivity index (χ4n) is 3.10. The lowest BCUT2D eigenvalue weighted by Gasteiger charge is -2.24. The number of nitrogens with one attached hydrogen (secondary N) is 2. The summed E-state index contributed by atoms with van der Waals surface area (Å²) in [5, 5.41) is 6.99. The van der Waals surface area contributed by atoms with E-state index in [2.05, 4.69) is 54.4 Å². The van der Waals surface area contributed by atoms with Gasteiger partial charge in [-0.2, -0.15) is 0 Å². The molecule has 122 valence electrons. The van der Waals surface area contributed by atoms with Crippen LogP contribution in [0.1, 0.15) is 22.9 Å². The van der Waals surface area contributed by atoms with Gasteiger partial charge in [0.25, 0.3) is 0 Å². The lowest BCUT2D eigenvalue weighted by atomic mass is 10.0. The van der Waals surface area contributed by atoms with Crippen LogP contribution in [0.15, 0.2) is 55.4 Å². The van der Waals surface area contributed by atoms with Gasteiger partial charge in [0.05, 0.1) is 18.1 Å². The third-order valence-corrected chi connectivity index (χ3v) is 4.34. The molecule has 1 aliphatic rings. The van der Waals surface area contributed by atoms with Crippen LogP contribution in [0.5, 0.6) is 0 Å². The van der Waals surface area contributed by atoms with Gasteiger partial charge >= 0.3 is 0 Å². The third kappa shape index (κ3) is 3.14. The topological polar surface area (TPSA) is 67.7 Å². The van der Waals surface area contributed by atoms with Crippen LogP contribution in [0, 0.1) is 0 Å². The van der Waals surface area contributed by atoms with Crippen molar-refractivity contribution in [1.82, 2.24) is 24.8 Å². The SMILES string of the molecule is c1ccc(C(Cn2ccnc2)Nc2ncnc3c2CCNC3)cc1. The van der Waals surface area contributed by atoms with E-state index in [9.17, 15) is 0 Å². The number of nitrogens with zero attached hydrogens (tertiary/aromatic N) is 4. The number of imidazole rings is 1. The Hall–Kier alpha value is -2.73. The molecule has 24 heavy (non-hydrogen) atoms. The van der Waals surface area contributed by atoms with Crippen molar-refractivity contribution in [2.24, 2.45) is 0 Å². The maximum atomic E-state index is 4.51. The molecule has 3 aromatic rings. The molecule has 0 fully saturated rings. The minimum absolute atomic E-state index is 0.120. The van der Waals surface area contributed by atoms with Crippen molar-refractivity contribution in [2.45, 2.75) is 25.6 Å². The molecule has 0 radical (unpaired) electrons. The van der Waals surface area contributed by atoms with Crippen LogP contribution in [-0.2, 0) is 19.5 Å². The highest BCUT2D eigenvalue weighted by Gasteiger charge is 2.19. The standard InChI is InChI=1S/C18H20N6/c1-2-4-14(5-3-1)17(11-24-9-8-20-13-24)23-18-15-6-7-19-10-16(15)21-12-22-18/h1-5,8-9,12-13,17,19H,6-7,10-11H2,(H,21,22,23). The average Bonchev–Trinajstić information content (AvgIpc) is 3.15. The fraction of sp³-hybridized carbons (Fsp3) is 0.278. The molecule has 2 aromatic heterocycles. The summed E-state index contributed by atoms with van der Waals surface area (Å²) in [6.07, 6.45) is 8.23. The van der Waals surface area contributed by atoms with E-state index in [1.54, 1.807) is 12.5 Å². The monoisotopic (exact) mass is 320 g/mol. The van der Waals surface area contributed by atoms with Gasteiger partial charge in [-0.25, -0.2) is 15.0 Å². The summed E-state index contributed by atoms with van der Waals surface area (Å²) in [5.41, 5.74) is 3.54. The van der Waals surface area contributed by atoms with Gasteiger partial charge in [0.15, 0.2) is 0 Å². The summed E-state index contributed by atoms with van der Waals surface area (Å²) in [6.45, 7) is 2.57. The Balaban J connectivity index is 1.65. The molecule has 2 N–H and O–H groups in total. The molecule has 0 aliphatic carbocycles. The fourth-order valence-corrected chi connectivity index (χ4v) is 3.10. The zero-order valence-corrected chi connectivity index (χ0v) is 13.4. The smallest absolute Gasteiger partial charge is 0.133 e. The number of aromatic nitrogens is 4. The number of hydrogen-bond acceptors (Lipinski definition) is 5. The summed E-state index contributed by atoms with van der Waals surface area (Å²) in [7, 11) is 0. The van der Waals surface area contributed by atoms with Crippen molar-refractivity contribution in [3.8, 4) is 0 Å². The van der Waals surface area contributed by atoms with Gasteiger partial charge in [-0.05, 0) is 18.5 Å². The maximum Gasteiger partial charge on any atom is 0.133 e. The number of rotatable bonds is 5. The van der Waals surface area contributed by atoms with Crippen LogP contribution in [-0.4, -0.2) is 26.1 Å². The van der Waals surface area contributed by atoms with E-state index >= 15 is 0 Å². The minimum atomic E-state index is 0.120. The van der Waals surface area contributed by atoms with Crippen molar-refractivity contribution in [3.63, 3.8) is 0 Å². The van der Waals surface area contributed by atoms with E-state index in [0.29, 0.717) is 0 Å². The van der Waals surface area contributed by atoms with E-state index < -0.39 is 0 Å². The molecule has 0 amide bonds. The van der Waals surface area contributed by atoms with Gasteiger partial charge in [-0.3, -0.25) is 0 Å². The molecule has 0 saturated carbocycles. The molecule has 0 saturated heterocycles. The van der Waals surface area contributed by atoms with Crippen LogP contribution in [0.2, 0.25) is 0 Å². The van der Waals surface area contributed by atoms with E-state index in [1.807, 2.05) is 18.6 Å². The first-order valence-corrected chi connectivity index (χ1v) is 8.21. The van der Waals surface area contributed by atoms with Crippen molar-refractivity contribution in [2.75, 3.05) is 11.9 Å². The van der Waals surface area contributed by atoms with Gasteiger partial charge in [0, 0.05) is 31.0 Å². The molecule has 3 heterocycles. The van der Waals surface area contributed by atoms with Crippen LogP contribution in [0.3, 0.4) is 0 Å². The zero-order valence-electron chi connectivity index (χ0n) is 13.4. The quantitative estimate of drug-likeness (QED) is 0.754. The van der Waals surface area contributed by atoms with Crippen LogP contribution in [0.4, 0.5) is 5.82 Å². The van der Waals surface area contributed by atoms with Crippen molar-refractivity contribution in [3.05, 3.63) is 72.2 Å². The second-order valence-corrected chi connectivity index (χ2v) is 5.94. The molecule has 4 rings (SSSR count). The summed E-state index contributed by atoms with van der Waals surface area (Å²) in [5.74, 6) is 0.940. The molecule has 6 heteroatoms. The van der Waals surface area contributed by atoms with Gasteiger partial charge in [-0.1, -0.05) is 30.3 Å². The molecule has 1 aromatic carbocycles. The van der Waals surface area contributed by atoms with Crippen molar-refractivity contribution in [1.29, 1.82) is 0 Å². The normalized spacial score (nSPS) is 14.8. The Kier molecular flexibility index (Phi) is 4.20. The summed E-state index contributed by atoms with van der Waals surface area (Å²) >= 11 is 0. The maximum absolute atomic E-state index is 4.51. The van der Waals surface area contributed by atoms with Crippen LogP contribution < -0.4 is 10.6 Å². The molecular formula is C18H20N6. The van der Waals surface area contributed by atoms with Gasteiger partial charge in [0.1, 0.15) is 12.1 Å². The second-order valence-electron chi connectivity index (χ2n) is 5.94. The summed E-state index contributed by atoms with van der Waals surface area (Å²) < 4.78 is 2.08. The van der Waals surface area contributed by atoms with Crippen LogP contribution in [0.25, 0.3) is 0 Å². The highest BCUT2D eigenvalue weighted by Crippen LogP contribution is 2.25. The number of anilines is 1. The van der Waals surface area contributed by atoms with E-state index in [0.717, 1.165) is 37.6 Å². The van der Waals surface area contributed by atoms with E-state index in [4.69, 9.17) is 0 Å². The van der Waals surface area contributed by atoms with Crippen LogP contribution >= 0.6 is 0 Å². The highest BCUT2D eigenvalue weighted by molar-refractivity contribution is 5.49. The summed E-state index contributed by atoms with van der Waals surface area (Å²) in [4.78, 5) is 13.1. The highest BCUT2D eigenvalue weighted by atomic mass is 15.1. The molecule has 1 aliphatic heterocycles. The minimum Gasteiger partial charge on any atom is -0.361 e. The lowest BCUT2D eigenvalue weighted by Crippen LogP contribution is -2.27. The lowest BCUT2D eigenvalue weighted by molar-refractivity contribution is 0.596. The first-order chi connectivity index (χ1) is 11.9. The van der Waals surface area contributed by atoms with Crippen molar-refractivity contribution >= 4 is 5.82 Å². The van der Waals surface area contributed by atoms with E-state index in [1.165, 1.54) is 11.1 Å². The Morgan fingerprint density at radius 2 is 2.12 bits per heavy atom. The third-order valence-electron chi connectivity index (χ3n) is 4.34. The Morgan fingerprint density at radius 1 is 1.21 bits per heavy atom. The molecule has 1 atom stereocenters. The Morgan fingerprint density at radius 3 is 2.96 bits per heavy atom. The predicted octanol–water partition coefficient (Wildman–Crippen LogP) is 2.17. The zero-order chi connectivity index (χ0) is 16.2.